The molecule has 4 heteroatoms. The van der Waals surface area contributed by atoms with Gasteiger partial charge in [0.05, 0.1) is 0 Å². The molecule has 0 bridgehead atoms. The summed E-state index contributed by atoms with van der Waals surface area (Å²) in [5, 5.41) is 6.97. The summed E-state index contributed by atoms with van der Waals surface area (Å²) in [4.78, 5) is 13.2. The number of carbonyl (C=O) groups is 1. The third-order valence-electron chi connectivity index (χ3n) is 2.09. The lowest BCUT2D eigenvalue weighted by molar-refractivity contribution is -0.121. The highest BCUT2D eigenvalue weighted by Crippen LogP contribution is 2.01. The van der Waals surface area contributed by atoms with E-state index >= 15 is 0 Å². The minimum Gasteiger partial charge on any atom is -0.359 e. The molecule has 69 valence electrons. The second-order valence-corrected chi connectivity index (χ2v) is 3.20. The Labute approximate surface area is 73.3 Å². The first-order valence-corrected chi connectivity index (χ1v) is 4.28. The van der Waals surface area contributed by atoms with Gasteiger partial charge >= 0.3 is 0 Å². The smallest absolute Gasteiger partial charge is 0.221 e. The lowest BCUT2D eigenvalue weighted by Gasteiger charge is -2.28. The van der Waals surface area contributed by atoms with Gasteiger partial charge in [-0.2, -0.15) is 0 Å². The van der Waals surface area contributed by atoms with Crippen molar-refractivity contribution in [2.75, 3.05) is 33.7 Å². The molecule has 1 N–H and O–H groups in total. The standard InChI is InChI=1S/C8H16N3O/c1-9-8(12)5-7-6-11(2)4-3-10-7/h7H,3-6H2,1-2H3,(H,9,12). The summed E-state index contributed by atoms with van der Waals surface area (Å²) >= 11 is 0. The molecule has 0 aromatic rings. The van der Waals surface area contributed by atoms with Gasteiger partial charge in [0.15, 0.2) is 0 Å². The topological polar surface area (TPSA) is 46.4 Å². The number of amides is 1. The van der Waals surface area contributed by atoms with Gasteiger partial charge in [0.25, 0.3) is 0 Å². The predicted octanol–water partition coefficient (Wildman–Crippen LogP) is -0.959. The van der Waals surface area contributed by atoms with Crippen LogP contribution < -0.4 is 10.6 Å². The van der Waals surface area contributed by atoms with Crippen molar-refractivity contribution in [3.63, 3.8) is 0 Å². The van der Waals surface area contributed by atoms with E-state index in [1.807, 2.05) is 0 Å². The molecule has 1 amide bonds. The molecular weight excluding hydrogens is 154 g/mol. The monoisotopic (exact) mass is 170 g/mol. The predicted molar refractivity (Wildman–Crippen MR) is 47.0 cm³/mol. The molecule has 1 unspecified atom stereocenters. The molecule has 0 saturated carbocycles. The van der Waals surface area contributed by atoms with E-state index in [1.165, 1.54) is 0 Å². The van der Waals surface area contributed by atoms with E-state index in [-0.39, 0.29) is 11.9 Å². The van der Waals surface area contributed by atoms with Crippen molar-refractivity contribution < 1.29 is 4.79 Å². The van der Waals surface area contributed by atoms with Gasteiger partial charge in [-0.1, -0.05) is 0 Å². The van der Waals surface area contributed by atoms with E-state index in [4.69, 9.17) is 0 Å². The first kappa shape index (κ1) is 9.48. The van der Waals surface area contributed by atoms with E-state index < -0.39 is 0 Å². The molecular formula is C8H16N3O. The van der Waals surface area contributed by atoms with Gasteiger partial charge < -0.3 is 10.2 Å². The zero-order valence-electron chi connectivity index (χ0n) is 7.71. The van der Waals surface area contributed by atoms with Gasteiger partial charge in [0.2, 0.25) is 5.91 Å². The third-order valence-corrected chi connectivity index (χ3v) is 2.09. The van der Waals surface area contributed by atoms with Crippen molar-refractivity contribution in [2.24, 2.45) is 0 Å². The molecule has 1 rings (SSSR count). The summed E-state index contributed by atoms with van der Waals surface area (Å²) in [6, 6.07) is 0.198. The number of hydrogen-bond donors (Lipinski definition) is 1. The molecule has 1 saturated heterocycles. The highest BCUT2D eigenvalue weighted by atomic mass is 16.1. The van der Waals surface area contributed by atoms with Crippen LogP contribution in [0.2, 0.25) is 0 Å². The molecule has 1 aliphatic rings. The molecule has 1 heterocycles. The minimum atomic E-state index is 0.0825. The SMILES string of the molecule is CNC(=O)CC1CN(C)CC[N]1. The van der Waals surface area contributed by atoms with Crippen LogP contribution in [0.4, 0.5) is 0 Å². The van der Waals surface area contributed by atoms with Crippen molar-refractivity contribution in [1.29, 1.82) is 0 Å². The van der Waals surface area contributed by atoms with E-state index in [0.29, 0.717) is 6.42 Å². The molecule has 1 fully saturated rings. The number of rotatable bonds is 2. The Morgan fingerprint density at radius 3 is 3.08 bits per heavy atom. The van der Waals surface area contributed by atoms with Crippen LogP contribution in [0, 0.1) is 0 Å². The number of nitrogens with zero attached hydrogens (tertiary/aromatic N) is 2. The van der Waals surface area contributed by atoms with Crippen LogP contribution in [0.5, 0.6) is 0 Å². The lowest BCUT2D eigenvalue weighted by atomic mass is 10.1. The van der Waals surface area contributed by atoms with Crippen LogP contribution in [-0.4, -0.2) is 50.6 Å². The van der Waals surface area contributed by atoms with E-state index in [1.54, 1.807) is 7.05 Å². The van der Waals surface area contributed by atoms with E-state index in [2.05, 4.69) is 22.6 Å². The summed E-state index contributed by atoms with van der Waals surface area (Å²) in [7, 11) is 3.72. The van der Waals surface area contributed by atoms with Crippen LogP contribution in [0.3, 0.4) is 0 Å². The van der Waals surface area contributed by atoms with Gasteiger partial charge in [-0.15, -0.1) is 0 Å². The lowest BCUT2D eigenvalue weighted by Crippen LogP contribution is -2.46. The van der Waals surface area contributed by atoms with Crippen molar-refractivity contribution in [2.45, 2.75) is 12.5 Å². The maximum Gasteiger partial charge on any atom is 0.221 e. The summed E-state index contributed by atoms with van der Waals surface area (Å²) in [5.74, 6) is 0.0825. The van der Waals surface area contributed by atoms with Crippen molar-refractivity contribution in [1.82, 2.24) is 15.5 Å². The summed E-state index contributed by atoms with van der Waals surface area (Å²) < 4.78 is 0. The largest absolute Gasteiger partial charge is 0.359 e. The van der Waals surface area contributed by atoms with Crippen LogP contribution >= 0.6 is 0 Å². The van der Waals surface area contributed by atoms with Gasteiger partial charge in [-0.05, 0) is 7.05 Å². The Hall–Kier alpha value is -0.610. The Morgan fingerprint density at radius 2 is 2.50 bits per heavy atom. The molecule has 1 radical (unpaired) electrons. The van der Waals surface area contributed by atoms with Crippen molar-refractivity contribution in [3.8, 4) is 0 Å². The Bertz CT molecular complexity index is 160. The van der Waals surface area contributed by atoms with Gasteiger partial charge in [0.1, 0.15) is 0 Å². The van der Waals surface area contributed by atoms with Crippen molar-refractivity contribution in [3.05, 3.63) is 0 Å². The van der Waals surface area contributed by atoms with Crippen LogP contribution in [0.15, 0.2) is 0 Å². The first-order valence-electron chi connectivity index (χ1n) is 4.28. The fraction of sp³-hybridized carbons (Fsp3) is 0.875. The fourth-order valence-electron chi connectivity index (χ4n) is 1.36. The Morgan fingerprint density at radius 1 is 1.75 bits per heavy atom. The Kier molecular flexibility index (Phi) is 3.49. The van der Waals surface area contributed by atoms with Gasteiger partial charge in [-0.3, -0.25) is 4.79 Å². The number of likely N-dealkylation sites (N-methyl/N-ethyl adjacent to an activating group) is 1. The maximum absolute atomic E-state index is 11.0. The summed E-state index contributed by atoms with van der Waals surface area (Å²) in [6.07, 6.45) is 0.529. The average Bonchev–Trinajstić information content (AvgIpc) is 2.04. The average molecular weight is 170 g/mol. The third kappa shape index (κ3) is 2.79. The van der Waals surface area contributed by atoms with Crippen LogP contribution in [0.25, 0.3) is 0 Å². The number of carbonyl (C=O) groups excluding carboxylic acids is 1. The van der Waals surface area contributed by atoms with Gasteiger partial charge in [-0.25, -0.2) is 5.32 Å². The second-order valence-electron chi connectivity index (χ2n) is 3.20. The normalized spacial score (nSPS) is 25.3. The highest BCUT2D eigenvalue weighted by Gasteiger charge is 2.19. The zero-order chi connectivity index (χ0) is 8.97. The number of nitrogens with one attached hydrogen (secondary N) is 1. The summed E-state index contributed by atoms with van der Waals surface area (Å²) in [6.45, 7) is 2.79. The molecule has 4 nitrogen and oxygen atoms in total. The molecule has 1 aliphatic heterocycles. The Balaban J connectivity index is 2.27. The molecule has 0 aromatic heterocycles. The molecule has 0 aromatic carbocycles. The maximum atomic E-state index is 11.0. The molecule has 12 heavy (non-hydrogen) atoms. The van der Waals surface area contributed by atoms with Gasteiger partial charge in [0, 0.05) is 39.1 Å². The second kappa shape index (κ2) is 4.42. The molecule has 0 aliphatic carbocycles. The molecule has 1 atom stereocenters. The molecule has 0 spiro atoms. The quantitative estimate of drug-likeness (QED) is 0.580. The number of piperazine rings is 1. The van der Waals surface area contributed by atoms with Crippen LogP contribution in [-0.2, 0) is 4.79 Å². The van der Waals surface area contributed by atoms with Crippen LogP contribution in [0.1, 0.15) is 6.42 Å². The minimum absolute atomic E-state index is 0.0825. The number of hydrogen-bond acceptors (Lipinski definition) is 2. The van der Waals surface area contributed by atoms with Crippen molar-refractivity contribution >= 4 is 5.91 Å². The first-order chi connectivity index (χ1) is 5.72. The highest BCUT2D eigenvalue weighted by molar-refractivity contribution is 5.76. The van der Waals surface area contributed by atoms with E-state index in [9.17, 15) is 4.79 Å². The fourth-order valence-corrected chi connectivity index (χ4v) is 1.36. The summed E-state index contributed by atoms with van der Waals surface area (Å²) in [5.41, 5.74) is 0. The van der Waals surface area contributed by atoms with E-state index in [0.717, 1.165) is 19.6 Å². The zero-order valence-corrected chi connectivity index (χ0v) is 7.71.